The standard InChI is InChI=1S/C25H21NO3/c1-2-25(28)26-10-9-19(15-26)24-13-18-8-7-17(12-23(18)29-24)22-14-20(27)11-16-5-3-4-6-21(16)22/h2-8,11-14,19,27H,1,9-10,15H2. The highest BCUT2D eigenvalue weighted by atomic mass is 16.3. The van der Waals surface area contributed by atoms with Crippen LogP contribution in [0.3, 0.4) is 0 Å². The number of nitrogens with zero attached hydrogens (tertiary/aromatic N) is 1. The Morgan fingerprint density at radius 2 is 1.97 bits per heavy atom. The minimum atomic E-state index is -0.0262. The molecule has 5 rings (SSSR count). The zero-order chi connectivity index (χ0) is 20.0. The lowest BCUT2D eigenvalue weighted by Gasteiger charge is -2.12. The molecule has 0 saturated carbocycles. The third kappa shape index (κ3) is 3.07. The summed E-state index contributed by atoms with van der Waals surface area (Å²) < 4.78 is 6.19. The monoisotopic (exact) mass is 383 g/mol. The Balaban J connectivity index is 1.53. The first-order chi connectivity index (χ1) is 14.1. The molecule has 0 radical (unpaired) electrons. The number of fused-ring (bicyclic) bond motifs is 2. The van der Waals surface area contributed by atoms with E-state index in [1.165, 1.54) is 6.08 Å². The molecule has 4 aromatic rings. The van der Waals surface area contributed by atoms with Crippen LogP contribution in [-0.4, -0.2) is 29.0 Å². The summed E-state index contributed by atoms with van der Waals surface area (Å²) in [7, 11) is 0. The van der Waals surface area contributed by atoms with Crippen LogP contribution < -0.4 is 0 Å². The van der Waals surface area contributed by atoms with E-state index in [9.17, 15) is 9.90 Å². The molecule has 1 amide bonds. The van der Waals surface area contributed by atoms with E-state index in [0.29, 0.717) is 6.54 Å². The number of benzene rings is 3. The van der Waals surface area contributed by atoms with Crippen molar-refractivity contribution in [1.29, 1.82) is 0 Å². The molecule has 1 unspecified atom stereocenters. The van der Waals surface area contributed by atoms with Crippen LogP contribution in [0.15, 0.2) is 77.7 Å². The van der Waals surface area contributed by atoms with Gasteiger partial charge in [-0.1, -0.05) is 43.0 Å². The third-order valence-corrected chi connectivity index (χ3v) is 5.77. The summed E-state index contributed by atoms with van der Waals surface area (Å²) in [4.78, 5) is 13.7. The van der Waals surface area contributed by atoms with Crippen LogP contribution in [0.1, 0.15) is 18.1 Å². The number of carbonyl (C=O) groups is 1. The number of rotatable bonds is 3. The largest absolute Gasteiger partial charge is 0.508 e. The number of phenolic OH excluding ortho intramolecular Hbond substituents is 1. The zero-order valence-electron chi connectivity index (χ0n) is 16.0. The number of amides is 1. The molecule has 1 saturated heterocycles. The Hall–Kier alpha value is -3.53. The topological polar surface area (TPSA) is 53.7 Å². The highest BCUT2D eigenvalue weighted by molar-refractivity contribution is 5.99. The summed E-state index contributed by atoms with van der Waals surface area (Å²) in [5.74, 6) is 1.34. The van der Waals surface area contributed by atoms with Gasteiger partial charge in [0.1, 0.15) is 17.1 Å². The number of hydrogen-bond acceptors (Lipinski definition) is 3. The Labute approximate surface area is 168 Å². The van der Waals surface area contributed by atoms with Crippen molar-refractivity contribution >= 4 is 27.6 Å². The van der Waals surface area contributed by atoms with Gasteiger partial charge in [0.2, 0.25) is 5.91 Å². The number of hydrogen-bond donors (Lipinski definition) is 1. The normalized spacial score (nSPS) is 16.6. The number of aromatic hydroxyl groups is 1. The predicted octanol–water partition coefficient (Wildman–Crippen LogP) is 5.46. The van der Waals surface area contributed by atoms with Crippen molar-refractivity contribution in [1.82, 2.24) is 4.90 Å². The average molecular weight is 383 g/mol. The Kier molecular flexibility index (Phi) is 4.13. The summed E-state index contributed by atoms with van der Waals surface area (Å²) in [5.41, 5.74) is 2.79. The molecule has 1 aliphatic rings. The van der Waals surface area contributed by atoms with Gasteiger partial charge in [0.05, 0.1) is 0 Å². The van der Waals surface area contributed by atoms with Crippen molar-refractivity contribution < 1.29 is 14.3 Å². The number of carbonyl (C=O) groups excluding carboxylic acids is 1. The summed E-state index contributed by atoms with van der Waals surface area (Å²) >= 11 is 0. The maximum absolute atomic E-state index is 11.9. The highest BCUT2D eigenvalue weighted by Gasteiger charge is 2.28. The summed E-state index contributed by atoms with van der Waals surface area (Å²) in [5, 5.41) is 13.3. The number of likely N-dealkylation sites (tertiary alicyclic amines) is 1. The van der Waals surface area contributed by atoms with E-state index in [2.05, 4.69) is 30.8 Å². The molecule has 0 bridgehead atoms. The van der Waals surface area contributed by atoms with Gasteiger partial charge in [-0.05, 0) is 58.7 Å². The smallest absolute Gasteiger partial charge is 0.245 e. The first kappa shape index (κ1) is 17.6. The van der Waals surface area contributed by atoms with Crippen molar-refractivity contribution in [3.63, 3.8) is 0 Å². The lowest BCUT2D eigenvalue weighted by Crippen LogP contribution is -2.26. The molecule has 1 aliphatic heterocycles. The van der Waals surface area contributed by atoms with Crippen LogP contribution in [0, 0.1) is 0 Å². The fourth-order valence-corrected chi connectivity index (χ4v) is 4.28. The molecule has 0 aliphatic carbocycles. The van der Waals surface area contributed by atoms with E-state index >= 15 is 0 Å². The molecule has 1 aromatic heterocycles. The van der Waals surface area contributed by atoms with E-state index in [4.69, 9.17) is 4.42 Å². The van der Waals surface area contributed by atoms with Gasteiger partial charge in [0, 0.05) is 24.4 Å². The number of furan rings is 1. The van der Waals surface area contributed by atoms with Gasteiger partial charge in [-0.15, -0.1) is 0 Å². The maximum atomic E-state index is 11.9. The summed E-state index contributed by atoms with van der Waals surface area (Å²) in [6.07, 6.45) is 2.26. The minimum absolute atomic E-state index is 0.0262. The van der Waals surface area contributed by atoms with Gasteiger partial charge in [0.15, 0.2) is 0 Å². The van der Waals surface area contributed by atoms with Crippen molar-refractivity contribution in [2.24, 2.45) is 0 Å². The Morgan fingerprint density at radius 3 is 2.83 bits per heavy atom. The first-order valence-electron chi connectivity index (χ1n) is 9.79. The summed E-state index contributed by atoms with van der Waals surface area (Å²) in [6, 6.07) is 19.8. The second kappa shape index (κ2) is 6.82. The van der Waals surface area contributed by atoms with Crippen molar-refractivity contribution in [3.8, 4) is 16.9 Å². The third-order valence-electron chi connectivity index (χ3n) is 5.77. The molecule has 29 heavy (non-hydrogen) atoms. The van der Waals surface area contributed by atoms with Crippen LogP contribution in [0.2, 0.25) is 0 Å². The van der Waals surface area contributed by atoms with Crippen LogP contribution in [0.5, 0.6) is 5.75 Å². The molecule has 144 valence electrons. The highest BCUT2D eigenvalue weighted by Crippen LogP contribution is 2.36. The van der Waals surface area contributed by atoms with Gasteiger partial charge >= 0.3 is 0 Å². The predicted molar refractivity (Wildman–Crippen MR) is 115 cm³/mol. The fourth-order valence-electron chi connectivity index (χ4n) is 4.28. The lowest BCUT2D eigenvalue weighted by molar-refractivity contribution is -0.125. The van der Waals surface area contributed by atoms with E-state index < -0.39 is 0 Å². The van der Waals surface area contributed by atoms with Gasteiger partial charge in [-0.2, -0.15) is 0 Å². The fraction of sp³-hybridized carbons (Fsp3) is 0.160. The molecule has 1 N–H and O–H groups in total. The zero-order valence-corrected chi connectivity index (χ0v) is 16.0. The SMILES string of the molecule is C=CC(=O)N1CCC(c2cc3ccc(-c4cc(O)cc5ccccc45)cc3o2)C1. The van der Waals surface area contributed by atoms with Gasteiger partial charge < -0.3 is 14.4 Å². The van der Waals surface area contributed by atoms with Gasteiger partial charge in [-0.3, -0.25) is 4.79 Å². The molecule has 4 nitrogen and oxygen atoms in total. The average Bonchev–Trinajstić information content (AvgIpc) is 3.39. The van der Waals surface area contributed by atoms with Crippen molar-refractivity contribution in [2.75, 3.05) is 13.1 Å². The lowest BCUT2D eigenvalue weighted by atomic mass is 9.97. The molecule has 0 spiro atoms. The molecule has 1 atom stereocenters. The van der Waals surface area contributed by atoms with Crippen LogP contribution >= 0.6 is 0 Å². The van der Waals surface area contributed by atoms with Crippen LogP contribution in [0.4, 0.5) is 0 Å². The Bertz CT molecular complexity index is 1250. The van der Waals surface area contributed by atoms with Crippen LogP contribution in [0.25, 0.3) is 32.9 Å². The van der Waals surface area contributed by atoms with E-state index in [1.807, 2.05) is 29.2 Å². The van der Waals surface area contributed by atoms with Gasteiger partial charge in [0.25, 0.3) is 0 Å². The van der Waals surface area contributed by atoms with Gasteiger partial charge in [-0.25, -0.2) is 0 Å². The second-order valence-electron chi connectivity index (χ2n) is 7.59. The maximum Gasteiger partial charge on any atom is 0.245 e. The van der Waals surface area contributed by atoms with Crippen molar-refractivity contribution in [3.05, 3.63) is 79.1 Å². The molecule has 1 fully saturated rings. The van der Waals surface area contributed by atoms with E-state index in [0.717, 1.165) is 51.6 Å². The van der Waals surface area contributed by atoms with E-state index in [1.54, 1.807) is 12.1 Å². The quantitative estimate of drug-likeness (QED) is 0.478. The number of phenols is 1. The van der Waals surface area contributed by atoms with E-state index in [-0.39, 0.29) is 17.6 Å². The molecule has 2 heterocycles. The van der Waals surface area contributed by atoms with Crippen molar-refractivity contribution in [2.45, 2.75) is 12.3 Å². The molecular formula is C25H21NO3. The molecule has 3 aromatic carbocycles. The second-order valence-corrected chi connectivity index (χ2v) is 7.59. The molecule has 4 heteroatoms. The molecular weight excluding hydrogens is 362 g/mol. The van der Waals surface area contributed by atoms with Crippen LogP contribution in [-0.2, 0) is 4.79 Å². The minimum Gasteiger partial charge on any atom is -0.508 e. The first-order valence-corrected chi connectivity index (χ1v) is 9.79. The summed E-state index contributed by atoms with van der Waals surface area (Å²) in [6.45, 7) is 4.96. The Morgan fingerprint density at radius 1 is 1.10 bits per heavy atom.